The third-order valence-electron chi connectivity index (χ3n) is 3.80. The molecule has 108 valence electrons. The van der Waals surface area contributed by atoms with Crippen molar-refractivity contribution in [3.05, 3.63) is 59.9 Å². The van der Waals surface area contributed by atoms with E-state index in [1.165, 1.54) is 12.3 Å². The molecular weight excluding hydrogens is 269 g/mol. The van der Waals surface area contributed by atoms with Crippen LogP contribution in [0.5, 0.6) is 0 Å². The van der Waals surface area contributed by atoms with Crippen LogP contribution in [0.25, 0.3) is 0 Å². The number of hydrogen-bond acceptors (Lipinski definition) is 3. The number of pyridine rings is 2. The molecule has 1 atom stereocenters. The summed E-state index contributed by atoms with van der Waals surface area (Å²) < 4.78 is 13.8. The molecule has 2 aromatic heterocycles. The highest BCUT2D eigenvalue weighted by atomic mass is 19.1. The van der Waals surface area contributed by atoms with Crippen molar-refractivity contribution >= 4 is 5.91 Å². The number of nitrogens with zero attached hydrogens (tertiary/aromatic N) is 3. The van der Waals surface area contributed by atoms with Gasteiger partial charge in [-0.2, -0.15) is 0 Å². The summed E-state index contributed by atoms with van der Waals surface area (Å²) in [5.74, 6) is -0.863. The second-order valence-corrected chi connectivity index (χ2v) is 5.12. The van der Waals surface area contributed by atoms with E-state index in [2.05, 4.69) is 9.97 Å². The molecule has 4 nitrogen and oxygen atoms in total. The van der Waals surface area contributed by atoms with Gasteiger partial charge < -0.3 is 4.90 Å². The summed E-state index contributed by atoms with van der Waals surface area (Å²) in [5.41, 5.74) is 0.938. The molecule has 1 aliphatic rings. The first-order chi connectivity index (χ1) is 10.3. The van der Waals surface area contributed by atoms with Crippen LogP contribution in [-0.2, 0) is 0 Å². The second-order valence-electron chi connectivity index (χ2n) is 5.12. The third-order valence-corrected chi connectivity index (χ3v) is 3.80. The Morgan fingerprint density at radius 1 is 1.24 bits per heavy atom. The summed E-state index contributed by atoms with van der Waals surface area (Å²) in [7, 11) is 0. The van der Waals surface area contributed by atoms with Gasteiger partial charge in [-0.15, -0.1) is 0 Å². The average Bonchev–Trinajstić information content (AvgIpc) is 2.55. The molecule has 1 saturated heterocycles. The number of carbonyl (C=O) groups excluding carboxylic acids is 1. The van der Waals surface area contributed by atoms with E-state index in [1.807, 2.05) is 18.2 Å². The van der Waals surface area contributed by atoms with Crippen molar-refractivity contribution in [3.63, 3.8) is 0 Å². The third kappa shape index (κ3) is 2.77. The maximum Gasteiger partial charge on any atom is 0.257 e. The van der Waals surface area contributed by atoms with Crippen LogP contribution in [0.2, 0.25) is 0 Å². The van der Waals surface area contributed by atoms with E-state index >= 15 is 0 Å². The minimum atomic E-state index is -0.576. The fraction of sp³-hybridized carbons (Fsp3) is 0.312. The van der Waals surface area contributed by atoms with Crippen molar-refractivity contribution in [2.75, 3.05) is 6.54 Å². The average molecular weight is 285 g/mol. The van der Waals surface area contributed by atoms with Crippen LogP contribution in [0.3, 0.4) is 0 Å². The lowest BCUT2D eigenvalue weighted by Crippen LogP contribution is -2.39. The van der Waals surface area contributed by atoms with Crippen LogP contribution < -0.4 is 0 Å². The Morgan fingerprint density at radius 3 is 2.90 bits per heavy atom. The zero-order valence-corrected chi connectivity index (χ0v) is 11.6. The zero-order valence-electron chi connectivity index (χ0n) is 11.6. The number of amides is 1. The van der Waals surface area contributed by atoms with E-state index in [0.717, 1.165) is 31.2 Å². The van der Waals surface area contributed by atoms with Crippen LogP contribution in [0.15, 0.2) is 42.9 Å². The number of carbonyl (C=O) groups is 1. The van der Waals surface area contributed by atoms with Gasteiger partial charge >= 0.3 is 0 Å². The normalized spacial score (nSPS) is 18.5. The largest absolute Gasteiger partial charge is 0.330 e. The molecule has 0 aliphatic carbocycles. The molecule has 0 bridgehead atoms. The lowest BCUT2D eigenvalue weighted by Gasteiger charge is -2.35. The zero-order chi connectivity index (χ0) is 14.7. The van der Waals surface area contributed by atoms with E-state index in [9.17, 15) is 9.18 Å². The molecule has 2 aromatic rings. The summed E-state index contributed by atoms with van der Waals surface area (Å²) in [4.78, 5) is 22.4. The molecule has 0 spiro atoms. The van der Waals surface area contributed by atoms with E-state index in [-0.39, 0.29) is 17.5 Å². The van der Waals surface area contributed by atoms with Gasteiger partial charge in [-0.3, -0.25) is 14.8 Å². The Bertz CT molecular complexity index is 632. The topological polar surface area (TPSA) is 46.1 Å². The Labute approximate surface area is 122 Å². The van der Waals surface area contributed by atoms with Crippen molar-refractivity contribution in [1.29, 1.82) is 0 Å². The standard InChI is InChI=1S/C16H16FN3O/c17-13-11-18-9-7-12(13)16(21)20-10-4-2-6-15(20)14-5-1-3-8-19-14/h1,3,5,7-9,11,15H,2,4,6,10H2/t15-/m1/s1. The second kappa shape index (κ2) is 5.99. The summed E-state index contributed by atoms with van der Waals surface area (Å²) in [6, 6.07) is 7.02. The van der Waals surface area contributed by atoms with Gasteiger partial charge in [-0.25, -0.2) is 4.39 Å². The molecular formula is C16H16FN3O. The van der Waals surface area contributed by atoms with Crippen molar-refractivity contribution in [1.82, 2.24) is 14.9 Å². The molecule has 0 N–H and O–H groups in total. The molecule has 3 heterocycles. The van der Waals surface area contributed by atoms with Gasteiger partial charge in [0.15, 0.2) is 5.82 Å². The van der Waals surface area contributed by atoms with Gasteiger partial charge in [-0.05, 0) is 37.5 Å². The summed E-state index contributed by atoms with van der Waals surface area (Å²) in [6.07, 6.45) is 7.07. The Hall–Kier alpha value is -2.30. The minimum absolute atomic E-state index is 0.0767. The van der Waals surface area contributed by atoms with Crippen LogP contribution in [0.1, 0.15) is 41.4 Å². The first kappa shape index (κ1) is 13.7. The van der Waals surface area contributed by atoms with E-state index in [1.54, 1.807) is 11.1 Å². The number of piperidine rings is 1. The fourth-order valence-electron chi connectivity index (χ4n) is 2.76. The van der Waals surface area contributed by atoms with E-state index < -0.39 is 5.82 Å². The van der Waals surface area contributed by atoms with Gasteiger partial charge in [0.25, 0.3) is 5.91 Å². The van der Waals surface area contributed by atoms with Crippen molar-refractivity contribution in [2.45, 2.75) is 25.3 Å². The number of rotatable bonds is 2. The van der Waals surface area contributed by atoms with Gasteiger partial charge in [0.05, 0.1) is 23.5 Å². The van der Waals surface area contributed by atoms with Gasteiger partial charge in [0.1, 0.15) is 0 Å². The predicted molar refractivity (Wildman–Crippen MR) is 76.1 cm³/mol. The first-order valence-electron chi connectivity index (χ1n) is 7.09. The maximum absolute atomic E-state index is 13.8. The number of aromatic nitrogens is 2. The fourth-order valence-corrected chi connectivity index (χ4v) is 2.76. The molecule has 5 heteroatoms. The van der Waals surface area contributed by atoms with Gasteiger partial charge in [0, 0.05) is 18.9 Å². The minimum Gasteiger partial charge on any atom is -0.330 e. The van der Waals surface area contributed by atoms with Crippen LogP contribution in [0, 0.1) is 5.82 Å². The Balaban J connectivity index is 1.91. The van der Waals surface area contributed by atoms with E-state index in [0.29, 0.717) is 6.54 Å². The SMILES string of the molecule is O=C(c1ccncc1F)N1CCCC[C@@H]1c1ccccn1. The summed E-state index contributed by atoms with van der Waals surface area (Å²) in [6.45, 7) is 0.627. The van der Waals surface area contributed by atoms with Crippen LogP contribution in [0.4, 0.5) is 4.39 Å². The Morgan fingerprint density at radius 2 is 2.14 bits per heavy atom. The highest BCUT2D eigenvalue weighted by Crippen LogP contribution is 2.31. The first-order valence-corrected chi connectivity index (χ1v) is 7.09. The predicted octanol–water partition coefficient (Wildman–Crippen LogP) is 2.98. The Kier molecular flexibility index (Phi) is 3.90. The summed E-state index contributed by atoms with van der Waals surface area (Å²) in [5, 5.41) is 0. The molecule has 1 amide bonds. The lowest BCUT2D eigenvalue weighted by molar-refractivity contribution is 0.0601. The number of likely N-dealkylation sites (tertiary alicyclic amines) is 1. The van der Waals surface area contributed by atoms with Crippen molar-refractivity contribution < 1.29 is 9.18 Å². The number of hydrogen-bond donors (Lipinski definition) is 0. The van der Waals surface area contributed by atoms with Crippen LogP contribution >= 0.6 is 0 Å². The molecule has 1 aliphatic heterocycles. The monoisotopic (exact) mass is 285 g/mol. The molecule has 21 heavy (non-hydrogen) atoms. The van der Waals surface area contributed by atoms with Crippen molar-refractivity contribution in [2.24, 2.45) is 0 Å². The molecule has 0 unspecified atom stereocenters. The molecule has 0 saturated carbocycles. The summed E-state index contributed by atoms with van der Waals surface area (Å²) >= 11 is 0. The quantitative estimate of drug-likeness (QED) is 0.852. The van der Waals surface area contributed by atoms with Gasteiger partial charge in [0.2, 0.25) is 0 Å². The molecule has 1 fully saturated rings. The van der Waals surface area contributed by atoms with Crippen molar-refractivity contribution in [3.8, 4) is 0 Å². The highest BCUT2D eigenvalue weighted by molar-refractivity contribution is 5.94. The van der Waals surface area contributed by atoms with Gasteiger partial charge in [-0.1, -0.05) is 6.07 Å². The van der Waals surface area contributed by atoms with E-state index in [4.69, 9.17) is 0 Å². The molecule has 0 radical (unpaired) electrons. The molecule has 0 aromatic carbocycles. The van der Waals surface area contributed by atoms with Crippen LogP contribution in [-0.4, -0.2) is 27.3 Å². The smallest absolute Gasteiger partial charge is 0.257 e. The number of halogens is 1. The maximum atomic E-state index is 13.8. The lowest BCUT2D eigenvalue weighted by atomic mass is 9.97. The molecule has 3 rings (SSSR count). The highest BCUT2D eigenvalue weighted by Gasteiger charge is 2.30.